The molecule has 0 unspecified atom stereocenters. The Morgan fingerprint density at radius 2 is 1.87 bits per heavy atom. The van der Waals surface area contributed by atoms with Crippen molar-refractivity contribution in [1.82, 2.24) is 4.90 Å². The molecule has 202 valence electrons. The van der Waals surface area contributed by atoms with Crippen LogP contribution in [-0.2, 0) is 14.3 Å². The average Bonchev–Trinajstić information content (AvgIpc) is 3.16. The molecule has 9 nitrogen and oxygen atoms in total. The molecule has 0 bridgehead atoms. The van der Waals surface area contributed by atoms with Gasteiger partial charge in [0.05, 0.1) is 35.8 Å². The van der Waals surface area contributed by atoms with Gasteiger partial charge in [-0.3, -0.25) is 19.3 Å². The lowest BCUT2D eigenvalue weighted by molar-refractivity contribution is -0.127. The van der Waals surface area contributed by atoms with Crippen LogP contribution in [0.4, 0.5) is 16.2 Å². The van der Waals surface area contributed by atoms with Crippen molar-refractivity contribution >= 4 is 62.2 Å². The molecule has 3 amide bonds. The van der Waals surface area contributed by atoms with E-state index in [0.29, 0.717) is 53.7 Å². The van der Waals surface area contributed by atoms with Crippen LogP contribution in [-0.4, -0.2) is 68.0 Å². The van der Waals surface area contributed by atoms with Gasteiger partial charge in [0.15, 0.2) is 11.5 Å². The zero-order chi connectivity index (χ0) is 27.1. The summed E-state index contributed by atoms with van der Waals surface area (Å²) in [6.07, 6.45) is 2.46. The van der Waals surface area contributed by atoms with Gasteiger partial charge in [0, 0.05) is 24.5 Å². The van der Waals surface area contributed by atoms with Crippen LogP contribution in [0.2, 0.25) is 0 Å². The van der Waals surface area contributed by atoms with Crippen molar-refractivity contribution in [2.24, 2.45) is 0 Å². The predicted octanol–water partition coefficient (Wildman–Crippen LogP) is 5.15. The van der Waals surface area contributed by atoms with E-state index in [9.17, 15) is 14.4 Å². The summed E-state index contributed by atoms with van der Waals surface area (Å²) in [5, 5.41) is 2.27. The third-order valence-electron chi connectivity index (χ3n) is 5.78. The fourth-order valence-electron chi connectivity index (χ4n) is 3.99. The summed E-state index contributed by atoms with van der Waals surface area (Å²) >= 11 is 4.31. The van der Waals surface area contributed by atoms with Crippen molar-refractivity contribution in [3.05, 3.63) is 51.3 Å². The van der Waals surface area contributed by atoms with Gasteiger partial charge in [-0.2, -0.15) is 0 Å². The Morgan fingerprint density at radius 3 is 2.55 bits per heavy atom. The summed E-state index contributed by atoms with van der Waals surface area (Å²) in [4.78, 5) is 41.6. The Morgan fingerprint density at radius 1 is 1.13 bits per heavy atom. The normalized spacial score (nSPS) is 16.8. The van der Waals surface area contributed by atoms with Crippen LogP contribution >= 0.6 is 27.7 Å². The molecule has 11 heteroatoms. The Kier molecular flexibility index (Phi) is 9.70. The number of hydrogen-bond acceptors (Lipinski definition) is 8. The van der Waals surface area contributed by atoms with E-state index in [2.05, 4.69) is 26.1 Å². The molecule has 2 aromatic rings. The number of nitrogens with zero attached hydrogens (tertiary/aromatic N) is 2. The number of imide groups is 1. The van der Waals surface area contributed by atoms with Crippen molar-refractivity contribution < 1.29 is 28.6 Å². The second-order valence-corrected chi connectivity index (χ2v) is 10.4. The first kappa shape index (κ1) is 28.0. The molecule has 0 spiro atoms. The summed E-state index contributed by atoms with van der Waals surface area (Å²) in [5.41, 5.74) is 2.30. The molecule has 0 atom stereocenters. The maximum Gasteiger partial charge on any atom is 0.294 e. The number of halogens is 1. The van der Waals surface area contributed by atoms with E-state index in [4.69, 9.17) is 14.2 Å². The SMILES string of the molecule is CCCOc1c(Br)cc(/C=C2\SC(=O)N(CC(=O)Nc3ccc(N4CCOCC4)cc3)C2=O)cc1OCC. The number of carbonyl (C=O) groups is 3. The number of benzene rings is 2. The van der Waals surface area contributed by atoms with Gasteiger partial charge in [-0.25, -0.2) is 0 Å². The quantitative estimate of drug-likeness (QED) is 0.372. The molecule has 0 saturated carbocycles. The predicted molar refractivity (Wildman–Crippen MR) is 152 cm³/mol. The molecule has 4 rings (SSSR count). The topological polar surface area (TPSA) is 97.4 Å². The van der Waals surface area contributed by atoms with E-state index in [1.165, 1.54) is 0 Å². The number of amides is 3. The van der Waals surface area contributed by atoms with Crippen LogP contribution in [0, 0.1) is 0 Å². The first-order valence-electron chi connectivity index (χ1n) is 12.5. The van der Waals surface area contributed by atoms with E-state index in [1.807, 2.05) is 26.0 Å². The van der Waals surface area contributed by atoms with Crippen LogP contribution in [0.15, 0.2) is 45.8 Å². The number of rotatable bonds is 10. The number of anilines is 2. The van der Waals surface area contributed by atoms with Gasteiger partial charge >= 0.3 is 0 Å². The highest BCUT2D eigenvalue weighted by Gasteiger charge is 2.36. The summed E-state index contributed by atoms with van der Waals surface area (Å²) in [6, 6.07) is 11.0. The van der Waals surface area contributed by atoms with Crippen molar-refractivity contribution in [3.8, 4) is 11.5 Å². The lowest BCUT2D eigenvalue weighted by Crippen LogP contribution is -2.36. The highest BCUT2D eigenvalue weighted by atomic mass is 79.9. The van der Waals surface area contributed by atoms with Gasteiger partial charge in [-0.15, -0.1) is 0 Å². The van der Waals surface area contributed by atoms with Crippen molar-refractivity contribution in [2.45, 2.75) is 20.3 Å². The standard InChI is InChI=1S/C27H30BrN3O6S/c1-3-11-37-25-21(28)14-18(15-22(25)36-4-2)16-23-26(33)31(27(34)38-23)17-24(32)29-19-5-7-20(8-6-19)30-9-12-35-13-10-30/h5-8,14-16H,3-4,9-13,17H2,1-2H3,(H,29,32)/b23-16-. The summed E-state index contributed by atoms with van der Waals surface area (Å²) in [7, 11) is 0. The first-order chi connectivity index (χ1) is 18.4. The van der Waals surface area contributed by atoms with E-state index < -0.39 is 17.1 Å². The maximum atomic E-state index is 13.0. The van der Waals surface area contributed by atoms with Crippen LogP contribution in [0.25, 0.3) is 6.08 Å². The fourth-order valence-corrected chi connectivity index (χ4v) is 5.40. The van der Waals surface area contributed by atoms with Gasteiger partial charge in [-0.05, 0) is 89.1 Å². The smallest absolute Gasteiger partial charge is 0.294 e. The monoisotopic (exact) mass is 603 g/mol. The van der Waals surface area contributed by atoms with E-state index >= 15 is 0 Å². The third kappa shape index (κ3) is 6.89. The number of hydrogen-bond donors (Lipinski definition) is 1. The molecule has 0 radical (unpaired) electrons. The van der Waals surface area contributed by atoms with Crippen LogP contribution in [0.3, 0.4) is 0 Å². The van der Waals surface area contributed by atoms with Gasteiger partial charge in [-0.1, -0.05) is 6.92 Å². The molecule has 2 aliphatic rings. The molecular formula is C27H30BrN3O6S. The minimum Gasteiger partial charge on any atom is -0.490 e. The van der Waals surface area contributed by atoms with Gasteiger partial charge in [0.1, 0.15) is 6.54 Å². The van der Waals surface area contributed by atoms with Gasteiger partial charge in [0.25, 0.3) is 11.1 Å². The molecule has 2 aliphatic heterocycles. The van der Waals surface area contributed by atoms with Crippen molar-refractivity contribution in [2.75, 3.05) is 56.3 Å². The Labute approximate surface area is 234 Å². The Balaban J connectivity index is 1.41. The maximum absolute atomic E-state index is 13.0. The Hall–Kier alpha value is -3.02. The number of morpholine rings is 1. The summed E-state index contributed by atoms with van der Waals surface area (Å²) in [6.45, 7) is 7.52. The largest absolute Gasteiger partial charge is 0.490 e. The number of carbonyl (C=O) groups excluding carboxylic acids is 3. The second-order valence-electron chi connectivity index (χ2n) is 8.57. The number of ether oxygens (including phenoxy) is 3. The van der Waals surface area contributed by atoms with Crippen molar-refractivity contribution in [1.29, 1.82) is 0 Å². The highest BCUT2D eigenvalue weighted by molar-refractivity contribution is 9.10. The van der Waals surface area contributed by atoms with Crippen LogP contribution in [0.1, 0.15) is 25.8 Å². The fraction of sp³-hybridized carbons (Fsp3) is 0.370. The lowest BCUT2D eigenvalue weighted by atomic mass is 10.2. The zero-order valence-electron chi connectivity index (χ0n) is 21.3. The van der Waals surface area contributed by atoms with Crippen molar-refractivity contribution in [3.63, 3.8) is 0 Å². The molecule has 2 saturated heterocycles. The van der Waals surface area contributed by atoms with Gasteiger partial charge in [0.2, 0.25) is 5.91 Å². The minimum atomic E-state index is -0.516. The molecule has 2 fully saturated rings. The first-order valence-corrected chi connectivity index (χ1v) is 14.1. The Bertz CT molecular complexity index is 1210. The second kappa shape index (κ2) is 13.2. The molecule has 38 heavy (non-hydrogen) atoms. The molecule has 2 heterocycles. The lowest BCUT2D eigenvalue weighted by Gasteiger charge is -2.28. The minimum absolute atomic E-state index is 0.231. The van der Waals surface area contributed by atoms with Crippen LogP contribution in [0.5, 0.6) is 11.5 Å². The highest BCUT2D eigenvalue weighted by Crippen LogP contribution is 2.39. The molecular weight excluding hydrogens is 574 g/mol. The number of nitrogens with one attached hydrogen (secondary N) is 1. The van der Waals surface area contributed by atoms with Gasteiger partial charge < -0.3 is 24.4 Å². The summed E-state index contributed by atoms with van der Waals surface area (Å²) < 4.78 is 17.6. The van der Waals surface area contributed by atoms with E-state index in [-0.39, 0.29) is 11.4 Å². The van der Waals surface area contributed by atoms with E-state index in [0.717, 1.165) is 41.9 Å². The summed E-state index contributed by atoms with van der Waals surface area (Å²) in [5.74, 6) is 0.165. The number of thioether (sulfide) groups is 1. The molecule has 0 aromatic heterocycles. The zero-order valence-corrected chi connectivity index (χ0v) is 23.7. The molecule has 2 aromatic carbocycles. The third-order valence-corrected chi connectivity index (χ3v) is 7.28. The van der Waals surface area contributed by atoms with Crippen LogP contribution < -0.4 is 19.7 Å². The van der Waals surface area contributed by atoms with E-state index in [1.54, 1.807) is 30.3 Å². The molecule has 0 aliphatic carbocycles. The average molecular weight is 605 g/mol. The molecule has 1 N–H and O–H groups in total.